The average Bonchev–Trinajstić information content (AvgIpc) is 2.37. The van der Waals surface area contributed by atoms with Crippen LogP contribution in [0.25, 0.3) is 0 Å². The lowest BCUT2D eigenvalue weighted by Gasteiger charge is -2.25. The Kier molecular flexibility index (Phi) is 3.65. The van der Waals surface area contributed by atoms with Gasteiger partial charge in [-0.15, -0.1) is 0 Å². The average molecular weight is 230 g/mol. The summed E-state index contributed by atoms with van der Waals surface area (Å²) in [5.74, 6) is 0.789. The first-order valence-electron chi connectivity index (χ1n) is 5.06. The first-order valence-corrected chi connectivity index (χ1v) is 6.46. The van der Waals surface area contributed by atoms with Gasteiger partial charge in [-0.3, -0.25) is 9.69 Å². The minimum Gasteiger partial charge on any atom is -0.323 e. The lowest BCUT2D eigenvalue weighted by atomic mass is 9.88. The van der Waals surface area contributed by atoms with Gasteiger partial charge in [-0.2, -0.15) is 11.8 Å². The molecule has 1 fully saturated rings. The van der Waals surface area contributed by atoms with Crippen molar-refractivity contribution in [3.8, 4) is 0 Å². The molecular formula is C10H18N2O2S. The first kappa shape index (κ1) is 12.4. The number of imide groups is 1. The SMILES string of the molecule is CSCCN1C(=O)NC(C)(C(C)C)C1=O. The maximum Gasteiger partial charge on any atom is 0.325 e. The molecule has 1 aliphatic heterocycles. The predicted molar refractivity (Wildman–Crippen MR) is 61.9 cm³/mol. The van der Waals surface area contributed by atoms with E-state index in [-0.39, 0.29) is 17.9 Å². The van der Waals surface area contributed by atoms with Crippen LogP contribution in [0.4, 0.5) is 4.79 Å². The van der Waals surface area contributed by atoms with Gasteiger partial charge in [-0.25, -0.2) is 4.79 Å². The molecule has 4 nitrogen and oxygen atoms in total. The Morgan fingerprint density at radius 3 is 2.47 bits per heavy atom. The number of amides is 3. The molecule has 0 spiro atoms. The minimum absolute atomic E-state index is 0.100. The van der Waals surface area contributed by atoms with Crippen molar-refractivity contribution in [2.45, 2.75) is 26.3 Å². The number of carbonyl (C=O) groups is 2. The molecule has 0 aromatic heterocycles. The Labute approximate surface area is 94.8 Å². The first-order chi connectivity index (χ1) is 6.93. The fourth-order valence-corrected chi connectivity index (χ4v) is 1.86. The molecule has 15 heavy (non-hydrogen) atoms. The topological polar surface area (TPSA) is 49.4 Å². The third-order valence-electron chi connectivity index (χ3n) is 2.97. The van der Waals surface area contributed by atoms with Gasteiger partial charge in [-0.05, 0) is 19.1 Å². The Balaban J connectivity index is 2.79. The molecule has 1 unspecified atom stereocenters. The van der Waals surface area contributed by atoms with Crippen molar-refractivity contribution in [2.24, 2.45) is 5.92 Å². The van der Waals surface area contributed by atoms with Gasteiger partial charge in [0.1, 0.15) is 5.54 Å². The number of hydrogen-bond donors (Lipinski definition) is 1. The van der Waals surface area contributed by atoms with E-state index in [1.807, 2.05) is 20.1 Å². The van der Waals surface area contributed by atoms with Gasteiger partial charge in [0.25, 0.3) is 5.91 Å². The molecule has 0 saturated carbocycles. The second kappa shape index (κ2) is 4.43. The molecule has 5 heteroatoms. The zero-order valence-electron chi connectivity index (χ0n) is 9.66. The Bertz CT molecular complexity index is 281. The van der Waals surface area contributed by atoms with Crippen LogP contribution < -0.4 is 5.32 Å². The van der Waals surface area contributed by atoms with Crippen LogP contribution >= 0.6 is 11.8 Å². The Morgan fingerprint density at radius 1 is 1.47 bits per heavy atom. The van der Waals surface area contributed by atoms with E-state index in [1.54, 1.807) is 18.7 Å². The highest BCUT2D eigenvalue weighted by molar-refractivity contribution is 7.98. The van der Waals surface area contributed by atoms with E-state index < -0.39 is 5.54 Å². The predicted octanol–water partition coefficient (Wildman–Crippen LogP) is 1.32. The van der Waals surface area contributed by atoms with Gasteiger partial charge >= 0.3 is 6.03 Å². The Morgan fingerprint density at radius 2 is 2.07 bits per heavy atom. The van der Waals surface area contributed by atoms with Crippen LogP contribution in [0.2, 0.25) is 0 Å². The van der Waals surface area contributed by atoms with E-state index in [2.05, 4.69) is 5.32 Å². The fraction of sp³-hybridized carbons (Fsp3) is 0.800. The molecule has 86 valence electrons. The largest absolute Gasteiger partial charge is 0.325 e. The van der Waals surface area contributed by atoms with Crippen molar-refractivity contribution in [2.75, 3.05) is 18.6 Å². The van der Waals surface area contributed by atoms with Gasteiger partial charge in [0, 0.05) is 12.3 Å². The van der Waals surface area contributed by atoms with E-state index in [0.717, 1.165) is 5.75 Å². The van der Waals surface area contributed by atoms with E-state index in [1.165, 1.54) is 4.90 Å². The van der Waals surface area contributed by atoms with Crippen molar-refractivity contribution >= 4 is 23.7 Å². The Hall–Kier alpha value is -0.710. The van der Waals surface area contributed by atoms with Gasteiger partial charge in [-0.1, -0.05) is 13.8 Å². The van der Waals surface area contributed by atoms with Crippen LogP contribution in [0.1, 0.15) is 20.8 Å². The van der Waals surface area contributed by atoms with Gasteiger partial charge in [0.15, 0.2) is 0 Å². The third kappa shape index (κ3) is 2.12. The van der Waals surface area contributed by atoms with Crippen molar-refractivity contribution in [1.29, 1.82) is 0 Å². The molecule has 1 heterocycles. The smallest absolute Gasteiger partial charge is 0.323 e. The summed E-state index contributed by atoms with van der Waals surface area (Å²) in [5, 5.41) is 2.77. The second-order valence-corrected chi connectivity index (χ2v) is 5.22. The normalized spacial score (nSPS) is 26.3. The van der Waals surface area contributed by atoms with Crippen LogP contribution in [0.15, 0.2) is 0 Å². The molecule has 1 N–H and O–H groups in total. The molecule has 1 rings (SSSR count). The van der Waals surface area contributed by atoms with E-state index >= 15 is 0 Å². The van der Waals surface area contributed by atoms with Gasteiger partial charge in [0.05, 0.1) is 0 Å². The molecule has 1 aliphatic rings. The maximum atomic E-state index is 12.0. The molecule has 1 saturated heterocycles. The van der Waals surface area contributed by atoms with Crippen LogP contribution in [-0.2, 0) is 4.79 Å². The second-order valence-electron chi connectivity index (χ2n) is 4.24. The van der Waals surface area contributed by atoms with Crippen molar-refractivity contribution in [3.05, 3.63) is 0 Å². The number of hydrogen-bond acceptors (Lipinski definition) is 3. The van der Waals surface area contributed by atoms with E-state index in [0.29, 0.717) is 6.54 Å². The van der Waals surface area contributed by atoms with Crippen LogP contribution in [0.3, 0.4) is 0 Å². The molecule has 3 amide bonds. The quantitative estimate of drug-likeness (QED) is 0.741. The number of nitrogens with zero attached hydrogens (tertiary/aromatic N) is 1. The fourth-order valence-electron chi connectivity index (χ4n) is 1.49. The van der Waals surface area contributed by atoms with E-state index in [4.69, 9.17) is 0 Å². The molecular weight excluding hydrogens is 212 g/mol. The third-order valence-corrected chi connectivity index (χ3v) is 3.57. The maximum absolute atomic E-state index is 12.0. The summed E-state index contributed by atoms with van der Waals surface area (Å²) in [6.45, 7) is 6.16. The van der Waals surface area contributed by atoms with Gasteiger partial charge in [0.2, 0.25) is 0 Å². The highest BCUT2D eigenvalue weighted by Crippen LogP contribution is 2.25. The van der Waals surface area contributed by atoms with Crippen molar-refractivity contribution < 1.29 is 9.59 Å². The molecule has 0 radical (unpaired) electrons. The number of carbonyl (C=O) groups excluding carboxylic acids is 2. The van der Waals surface area contributed by atoms with E-state index in [9.17, 15) is 9.59 Å². The minimum atomic E-state index is -0.727. The summed E-state index contributed by atoms with van der Waals surface area (Å²) in [6, 6.07) is -0.259. The number of rotatable bonds is 4. The zero-order valence-corrected chi connectivity index (χ0v) is 10.5. The standard InChI is InChI=1S/C10H18N2O2S/c1-7(2)10(3)8(13)12(5-6-15-4)9(14)11-10/h7H,5-6H2,1-4H3,(H,11,14). The monoisotopic (exact) mass is 230 g/mol. The molecule has 1 atom stereocenters. The van der Waals surface area contributed by atoms with Crippen LogP contribution in [0, 0.1) is 5.92 Å². The summed E-state index contributed by atoms with van der Waals surface area (Å²) in [5.41, 5.74) is -0.727. The zero-order chi connectivity index (χ0) is 11.6. The lowest BCUT2D eigenvalue weighted by molar-refractivity contribution is -0.131. The van der Waals surface area contributed by atoms with Gasteiger partial charge < -0.3 is 5.32 Å². The lowest BCUT2D eigenvalue weighted by Crippen LogP contribution is -2.48. The summed E-state index contributed by atoms with van der Waals surface area (Å²) >= 11 is 1.63. The number of nitrogens with one attached hydrogen (secondary N) is 1. The van der Waals surface area contributed by atoms with Crippen molar-refractivity contribution in [1.82, 2.24) is 10.2 Å². The highest BCUT2D eigenvalue weighted by atomic mass is 32.2. The summed E-state index contributed by atoms with van der Waals surface area (Å²) in [7, 11) is 0. The van der Waals surface area contributed by atoms with Crippen LogP contribution in [0.5, 0.6) is 0 Å². The van der Waals surface area contributed by atoms with Crippen molar-refractivity contribution in [3.63, 3.8) is 0 Å². The summed E-state index contributed by atoms with van der Waals surface area (Å²) in [6.07, 6.45) is 1.96. The molecule has 0 aliphatic carbocycles. The number of urea groups is 1. The molecule has 0 aromatic rings. The van der Waals surface area contributed by atoms with Crippen LogP contribution in [-0.4, -0.2) is 40.9 Å². The number of thioether (sulfide) groups is 1. The molecule has 0 bridgehead atoms. The molecule has 0 aromatic carbocycles. The highest BCUT2D eigenvalue weighted by Gasteiger charge is 2.49. The summed E-state index contributed by atoms with van der Waals surface area (Å²) < 4.78 is 0. The summed E-state index contributed by atoms with van der Waals surface area (Å²) in [4.78, 5) is 24.9.